The van der Waals surface area contributed by atoms with Gasteiger partial charge >= 0.3 is 0 Å². The maximum Gasteiger partial charge on any atom is 0.191 e. The van der Waals surface area contributed by atoms with Gasteiger partial charge in [0.2, 0.25) is 0 Å². The number of hydrogen-bond donors (Lipinski definition) is 2. The van der Waals surface area contributed by atoms with Gasteiger partial charge in [0, 0.05) is 25.7 Å². The van der Waals surface area contributed by atoms with Crippen molar-refractivity contribution in [2.75, 3.05) is 13.1 Å². The molecule has 0 radical (unpaired) electrons. The number of rotatable bonds is 8. The lowest BCUT2D eigenvalue weighted by Gasteiger charge is -2.11. The van der Waals surface area contributed by atoms with Crippen LogP contribution in [0.2, 0.25) is 0 Å². The molecule has 0 aromatic carbocycles. The quantitative estimate of drug-likeness (QED) is 0.570. The molecule has 2 heterocycles. The van der Waals surface area contributed by atoms with Gasteiger partial charge in [0.1, 0.15) is 5.76 Å². The molecule has 136 valence electrons. The van der Waals surface area contributed by atoms with Crippen molar-refractivity contribution >= 4 is 5.96 Å². The van der Waals surface area contributed by atoms with Crippen LogP contribution in [0.25, 0.3) is 0 Å². The van der Waals surface area contributed by atoms with E-state index in [0.717, 1.165) is 43.3 Å². The van der Waals surface area contributed by atoms with Gasteiger partial charge in [0.25, 0.3) is 0 Å². The van der Waals surface area contributed by atoms with Crippen LogP contribution < -0.4 is 10.6 Å². The molecule has 1 aliphatic rings. The summed E-state index contributed by atoms with van der Waals surface area (Å²) in [5.74, 6) is 1.82. The monoisotopic (exact) mass is 343 g/mol. The average Bonchev–Trinajstić information content (AvgIpc) is 3.38. The third-order valence-electron chi connectivity index (χ3n) is 4.55. The minimum Gasteiger partial charge on any atom is -0.469 e. The lowest BCUT2D eigenvalue weighted by atomic mass is 10.3. The van der Waals surface area contributed by atoms with Gasteiger partial charge in [-0.05, 0) is 37.5 Å². The Hall–Kier alpha value is -2.24. The molecule has 0 spiro atoms. The first-order chi connectivity index (χ1) is 12.3. The molecule has 1 fully saturated rings. The zero-order chi connectivity index (χ0) is 17.3. The normalized spacial score (nSPS) is 15.6. The van der Waals surface area contributed by atoms with Gasteiger partial charge in [0.15, 0.2) is 5.96 Å². The molecule has 1 aliphatic carbocycles. The second kappa shape index (κ2) is 9.30. The third kappa shape index (κ3) is 5.37. The second-order valence-electron chi connectivity index (χ2n) is 6.57. The SMILES string of the molecule is CCCNC(=NCc1ccn(C2CCCC2)n1)NCCc1ccco1. The van der Waals surface area contributed by atoms with E-state index in [2.05, 4.69) is 39.5 Å². The summed E-state index contributed by atoms with van der Waals surface area (Å²) in [5.41, 5.74) is 1.02. The molecule has 0 amide bonds. The average molecular weight is 343 g/mol. The minimum absolute atomic E-state index is 0.585. The van der Waals surface area contributed by atoms with Gasteiger partial charge in [-0.3, -0.25) is 4.68 Å². The molecule has 3 rings (SSSR count). The summed E-state index contributed by atoms with van der Waals surface area (Å²) in [6.45, 7) is 4.44. The Labute approximate surface area is 149 Å². The van der Waals surface area contributed by atoms with E-state index >= 15 is 0 Å². The van der Waals surface area contributed by atoms with Crippen LogP contribution in [-0.4, -0.2) is 28.8 Å². The first-order valence-corrected chi connectivity index (χ1v) is 9.43. The van der Waals surface area contributed by atoms with Gasteiger partial charge in [-0.2, -0.15) is 5.10 Å². The summed E-state index contributed by atoms with van der Waals surface area (Å²) < 4.78 is 7.49. The summed E-state index contributed by atoms with van der Waals surface area (Å²) in [6.07, 6.45) is 10.9. The number of furan rings is 1. The van der Waals surface area contributed by atoms with E-state index in [0.29, 0.717) is 12.6 Å². The number of nitrogens with one attached hydrogen (secondary N) is 2. The molecular weight excluding hydrogens is 314 g/mol. The molecule has 6 nitrogen and oxygen atoms in total. The lowest BCUT2D eigenvalue weighted by Crippen LogP contribution is -2.38. The Balaban J connectivity index is 1.52. The van der Waals surface area contributed by atoms with Crippen LogP contribution in [0.1, 0.15) is 56.5 Å². The van der Waals surface area contributed by atoms with Crippen molar-refractivity contribution in [3.05, 3.63) is 42.1 Å². The van der Waals surface area contributed by atoms with E-state index in [1.54, 1.807) is 6.26 Å². The molecule has 1 saturated carbocycles. The number of aliphatic imine (C=N–C) groups is 1. The van der Waals surface area contributed by atoms with Gasteiger partial charge in [0.05, 0.1) is 24.5 Å². The van der Waals surface area contributed by atoms with Gasteiger partial charge in [-0.1, -0.05) is 19.8 Å². The molecule has 0 bridgehead atoms. The molecule has 0 aliphatic heterocycles. The molecule has 2 N–H and O–H groups in total. The van der Waals surface area contributed by atoms with Crippen LogP contribution in [0.15, 0.2) is 40.1 Å². The third-order valence-corrected chi connectivity index (χ3v) is 4.55. The van der Waals surface area contributed by atoms with E-state index in [1.165, 1.54) is 25.7 Å². The van der Waals surface area contributed by atoms with E-state index < -0.39 is 0 Å². The van der Waals surface area contributed by atoms with Crippen molar-refractivity contribution in [1.82, 2.24) is 20.4 Å². The molecule has 6 heteroatoms. The van der Waals surface area contributed by atoms with Crippen molar-refractivity contribution in [2.45, 2.75) is 58.0 Å². The molecule has 2 aromatic heterocycles. The van der Waals surface area contributed by atoms with Crippen LogP contribution in [0.5, 0.6) is 0 Å². The number of aromatic nitrogens is 2. The van der Waals surface area contributed by atoms with Crippen LogP contribution in [-0.2, 0) is 13.0 Å². The van der Waals surface area contributed by atoms with Crippen molar-refractivity contribution in [2.24, 2.45) is 4.99 Å². The Morgan fingerprint density at radius 1 is 1.28 bits per heavy atom. The van der Waals surface area contributed by atoms with Crippen molar-refractivity contribution in [3.8, 4) is 0 Å². The lowest BCUT2D eigenvalue weighted by molar-refractivity contribution is 0.463. The Morgan fingerprint density at radius 2 is 2.12 bits per heavy atom. The Kier molecular flexibility index (Phi) is 6.54. The maximum atomic E-state index is 5.36. The predicted octanol–water partition coefficient (Wildman–Crippen LogP) is 3.28. The summed E-state index contributed by atoms with van der Waals surface area (Å²) >= 11 is 0. The number of guanidine groups is 1. The van der Waals surface area contributed by atoms with Crippen LogP contribution in [0.4, 0.5) is 0 Å². The zero-order valence-corrected chi connectivity index (χ0v) is 15.1. The van der Waals surface area contributed by atoms with Gasteiger partial charge < -0.3 is 15.1 Å². The first-order valence-electron chi connectivity index (χ1n) is 9.43. The van der Waals surface area contributed by atoms with Crippen LogP contribution in [0, 0.1) is 0 Å². The smallest absolute Gasteiger partial charge is 0.191 e. The highest BCUT2D eigenvalue weighted by atomic mass is 16.3. The summed E-state index contributed by atoms with van der Waals surface area (Å²) in [6, 6.07) is 6.58. The van der Waals surface area contributed by atoms with E-state index in [-0.39, 0.29) is 0 Å². The fraction of sp³-hybridized carbons (Fsp3) is 0.579. The van der Waals surface area contributed by atoms with Gasteiger partial charge in [-0.15, -0.1) is 0 Å². The number of hydrogen-bond acceptors (Lipinski definition) is 3. The zero-order valence-electron chi connectivity index (χ0n) is 15.1. The molecule has 0 atom stereocenters. The summed E-state index contributed by atoms with van der Waals surface area (Å²) in [5, 5.41) is 11.4. The topological polar surface area (TPSA) is 67.4 Å². The standard InChI is InChI=1S/C19H29N5O/c1-2-11-20-19(21-12-9-18-8-5-14-25-18)22-15-16-10-13-24(23-16)17-6-3-4-7-17/h5,8,10,13-14,17H,2-4,6-7,9,11-12,15H2,1H3,(H2,20,21,22). The van der Waals surface area contributed by atoms with E-state index in [4.69, 9.17) is 9.52 Å². The maximum absolute atomic E-state index is 5.36. The predicted molar refractivity (Wildman–Crippen MR) is 99.6 cm³/mol. The molecular formula is C19H29N5O. The molecule has 0 saturated heterocycles. The largest absolute Gasteiger partial charge is 0.469 e. The number of nitrogens with zero attached hydrogens (tertiary/aromatic N) is 3. The fourth-order valence-corrected chi connectivity index (χ4v) is 3.17. The van der Waals surface area contributed by atoms with Crippen molar-refractivity contribution in [1.29, 1.82) is 0 Å². The van der Waals surface area contributed by atoms with Crippen LogP contribution in [0.3, 0.4) is 0 Å². The molecule has 0 unspecified atom stereocenters. The van der Waals surface area contributed by atoms with E-state index in [1.807, 2.05) is 12.1 Å². The summed E-state index contributed by atoms with van der Waals surface area (Å²) in [7, 11) is 0. The van der Waals surface area contributed by atoms with Crippen molar-refractivity contribution < 1.29 is 4.42 Å². The van der Waals surface area contributed by atoms with E-state index in [9.17, 15) is 0 Å². The minimum atomic E-state index is 0.585. The second-order valence-corrected chi connectivity index (χ2v) is 6.57. The van der Waals surface area contributed by atoms with Crippen LogP contribution >= 0.6 is 0 Å². The highest BCUT2D eigenvalue weighted by Crippen LogP contribution is 2.28. The first kappa shape index (κ1) is 17.6. The molecule has 2 aromatic rings. The Morgan fingerprint density at radius 3 is 2.88 bits per heavy atom. The fourth-order valence-electron chi connectivity index (χ4n) is 3.17. The highest BCUT2D eigenvalue weighted by molar-refractivity contribution is 5.79. The highest BCUT2D eigenvalue weighted by Gasteiger charge is 2.17. The van der Waals surface area contributed by atoms with Crippen molar-refractivity contribution in [3.63, 3.8) is 0 Å². The summed E-state index contributed by atoms with van der Waals surface area (Å²) in [4.78, 5) is 4.68. The molecule has 25 heavy (non-hydrogen) atoms. The van der Waals surface area contributed by atoms with Gasteiger partial charge in [-0.25, -0.2) is 4.99 Å². The Bertz CT molecular complexity index is 641.